The van der Waals surface area contributed by atoms with Crippen molar-refractivity contribution in [1.29, 1.82) is 0 Å². The predicted octanol–water partition coefficient (Wildman–Crippen LogP) is 3.94. The summed E-state index contributed by atoms with van der Waals surface area (Å²) in [5.41, 5.74) is 2.90. The van der Waals surface area contributed by atoms with E-state index in [0.717, 1.165) is 42.9 Å². The topological polar surface area (TPSA) is 41.9 Å². The van der Waals surface area contributed by atoms with E-state index < -0.39 is 0 Å². The fourth-order valence-corrected chi connectivity index (χ4v) is 3.11. The van der Waals surface area contributed by atoms with Crippen molar-refractivity contribution >= 4 is 11.6 Å². The van der Waals surface area contributed by atoms with Crippen LogP contribution in [-0.2, 0) is 11.3 Å². The SMILES string of the molecule is CCOCCN1CCOc2c(O)cc(-c3cccc(Cl)c3)cc2C1. The van der Waals surface area contributed by atoms with Crippen molar-refractivity contribution in [1.82, 2.24) is 4.90 Å². The van der Waals surface area contributed by atoms with Crippen molar-refractivity contribution in [2.45, 2.75) is 13.5 Å². The lowest BCUT2D eigenvalue weighted by molar-refractivity contribution is 0.107. The molecule has 1 aliphatic heterocycles. The highest BCUT2D eigenvalue weighted by Crippen LogP contribution is 2.37. The molecule has 5 heteroatoms. The molecule has 0 bridgehead atoms. The van der Waals surface area contributed by atoms with E-state index in [2.05, 4.69) is 11.0 Å². The van der Waals surface area contributed by atoms with Crippen LogP contribution in [0.5, 0.6) is 11.5 Å². The molecule has 0 aromatic heterocycles. The number of hydrogen-bond acceptors (Lipinski definition) is 4. The number of phenolic OH excluding ortho intramolecular Hbond substituents is 1. The summed E-state index contributed by atoms with van der Waals surface area (Å²) >= 11 is 6.09. The van der Waals surface area contributed by atoms with Crippen LogP contribution in [0.3, 0.4) is 0 Å². The molecule has 4 nitrogen and oxygen atoms in total. The van der Waals surface area contributed by atoms with Crippen LogP contribution in [0.15, 0.2) is 36.4 Å². The highest BCUT2D eigenvalue weighted by atomic mass is 35.5. The molecule has 0 amide bonds. The Labute approximate surface area is 147 Å². The average Bonchev–Trinajstić information content (AvgIpc) is 2.77. The first-order valence-corrected chi connectivity index (χ1v) is 8.60. The number of aromatic hydroxyl groups is 1. The third-order valence-electron chi connectivity index (χ3n) is 4.11. The first kappa shape index (κ1) is 17.1. The van der Waals surface area contributed by atoms with E-state index in [1.54, 1.807) is 6.07 Å². The van der Waals surface area contributed by atoms with Gasteiger partial charge >= 0.3 is 0 Å². The fraction of sp³-hybridized carbons (Fsp3) is 0.368. The highest BCUT2D eigenvalue weighted by molar-refractivity contribution is 6.30. The quantitative estimate of drug-likeness (QED) is 0.832. The third-order valence-corrected chi connectivity index (χ3v) is 4.34. The van der Waals surface area contributed by atoms with Crippen LogP contribution in [0.4, 0.5) is 0 Å². The highest BCUT2D eigenvalue weighted by Gasteiger charge is 2.19. The van der Waals surface area contributed by atoms with Crippen molar-refractivity contribution in [3.63, 3.8) is 0 Å². The molecule has 0 saturated heterocycles. The predicted molar refractivity (Wildman–Crippen MR) is 95.8 cm³/mol. The zero-order chi connectivity index (χ0) is 16.9. The molecule has 0 unspecified atom stereocenters. The molecule has 0 spiro atoms. The molecule has 2 aromatic carbocycles. The number of hydrogen-bond donors (Lipinski definition) is 1. The maximum absolute atomic E-state index is 10.4. The van der Waals surface area contributed by atoms with Gasteiger partial charge in [-0.1, -0.05) is 23.7 Å². The summed E-state index contributed by atoms with van der Waals surface area (Å²) in [6.07, 6.45) is 0. The lowest BCUT2D eigenvalue weighted by Gasteiger charge is -2.19. The molecular formula is C19H22ClNO3. The van der Waals surface area contributed by atoms with Gasteiger partial charge in [-0.25, -0.2) is 0 Å². The summed E-state index contributed by atoms with van der Waals surface area (Å²) in [6.45, 7) is 6.36. The summed E-state index contributed by atoms with van der Waals surface area (Å²) in [5, 5.41) is 11.1. The summed E-state index contributed by atoms with van der Waals surface area (Å²) in [5.74, 6) is 0.758. The third kappa shape index (κ3) is 4.01. The van der Waals surface area contributed by atoms with Gasteiger partial charge in [-0.05, 0) is 42.3 Å². The molecule has 0 radical (unpaired) electrons. The maximum Gasteiger partial charge on any atom is 0.165 e. The van der Waals surface area contributed by atoms with Gasteiger partial charge in [-0.15, -0.1) is 0 Å². The standard InChI is InChI=1S/C19H22ClNO3/c1-2-23-8-6-21-7-9-24-19-16(13-21)10-15(12-18(19)22)14-4-3-5-17(20)11-14/h3-5,10-12,22H,2,6-9,13H2,1H3. The molecule has 3 rings (SSSR count). The van der Waals surface area contributed by atoms with Gasteiger partial charge < -0.3 is 14.6 Å². The number of fused-ring (bicyclic) bond motifs is 1. The smallest absolute Gasteiger partial charge is 0.165 e. The Morgan fingerprint density at radius 1 is 1.25 bits per heavy atom. The minimum Gasteiger partial charge on any atom is -0.504 e. The van der Waals surface area contributed by atoms with E-state index in [1.807, 2.05) is 31.2 Å². The number of benzene rings is 2. The van der Waals surface area contributed by atoms with E-state index >= 15 is 0 Å². The van der Waals surface area contributed by atoms with Gasteiger partial charge in [0, 0.05) is 36.8 Å². The molecule has 0 fully saturated rings. The number of rotatable bonds is 5. The van der Waals surface area contributed by atoms with E-state index in [-0.39, 0.29) is 5.75 Å². The van der Waals surface area contributed by atoms with Gasteiger partial charge in [-0.2, -0.15) is 0 Å². The second kappa shape index (κ2) is 7.88. The molecule has 1 aliphatic rings. The summed E-state index contributed by atoms with van der Waals surface area (Å²) in [4.78, 5) is 2.28. The zero-order valence-electron chi connectivity index (χ0n) is 13.8. The second-order valence-corrected chi connectivity index (χ2v) is 6.25. The monoisotopic (exact) mass is 347 g/mol. The van der Waals surface area contributed by atoms with Gasteiger partial charge in [0.2, 0.25) is 0 Å². The van der Waals surface area contributed by atoms with Crippen molar-refractivity contribution < 1.29 is 14.6 Å². The normalized spacial score (nSPS) is 14.8. The van der Waals surface area contributed by atoms with Gasteiger partial charge in [0.15, 0.2) is 11.5 Å². The van der Waals surface area contributed by atoms with Crippen LogP contribution in [-0.4, -0.2) is 42.9 Å². The van der Waals surface area contributed by atoms with Crippen LogP contribution >= 0.6 is 11.6 Å². The Hall–Kier alpha value is -1.75. The van der Waals surface area contributed by atoms with Crippen molar-refractivity contribution in [2.75, 3.05) is 32.9 Å². The van der Waals surface area contributed by atoms with E-state index in [4.69, 9.17) is 21.1 Å². The van der Waals surface area contributed by atoms with Crippen LogP contribution in [0.2, 0.25) is 5.02 Å². The van der Waals surface area contributed by atoms with Crippen LogP contribution in [0.1, 0.15) is 12.5 Å². The lowest BCUT2D eigenvalue weighted by Crippen LogP contribution is -2.29. The molecule has 24 heavy (non-hydrogen) atoms. The molecule has 0 aliphatic carbocycles. The minimum atomic E-state index is 0.175. The fourth-order valence-electron chi connectivity index (χ4n) is 2.92. The largest absolute Gasteiger partial charge is 0.504 e. The molecule has 2 aromatic rings. The first-order valence-electron chi connectivity index (χ1n) is 8.22. The average molecular weight is 348 g/mol. The number of ether oxygens (including phenoxy) is 2. The summed E-state index contributed by atoms with van der Waals surface area (Å²) < 4.78 is 11.2. The van der Waals surface area contributed by atoms with Gasteiger partial charge in [0.25, 0.3) is 0 Å². The Morgan fingerprint density at radius 2 is 2.12 bits per heavy atom. The summed E-state index contributed by atoms with van der Waals surface area (Å²) in [7, 11) is 0. The second-order valence-electron chi connectivity index (χ2n) is 5.82. The van der Waals surface area contributed by atoms with Crippen molar-refractivity contribution in [2.24, 2.45) is 0 Å². The van der Waals surface area contributed by atoms with Gasteiger partial charge in [0.1, 0.15) is 6.61 Å². The molecule has 1 N–H and O–H groups in total. The van der Waals surface area contributed by atoms with E-state index in [0.29, 0.717) is 24.0 Å². The van der Waals surface area contributed by atoms with Crippen LogP contribution in [0.25, 0.3) is 11.1 Å². The number of halogens is 1. The van der Waals surface area contributed by atoms with E-state index in [9.17, 15) is 5.11 Å². The zero-order valence-corrected chi connectivity index (χ0v) is 14.6. The Kier molecular flexibility index (Phi) is 5.61. The van der Waals surface area contributed by atoms with Gasteiger partial charge in [-0.3, -0.25) is 4.90 Å². The number of phenols is 1. The Bertz CT molecular complexity index is 705. The Morgan fingerprint density at radius 3 is 2.92 bits per heavy atom. The van der Waals surface area contributed by atoms with Gasteiger partial charge in [0.05, 0.1) is 6.61 Å². The first-order chi connectivity index (χ1) is 11.7. The van der Waals surface area contributed by atoms with Crippen molar-refractivity contribution in [3.05, 3.63) is 47.0 Å². The number of nitrogens with zero attached hydrogens (tertiary/aromatic N) is 1. The molecule has 0 atom stereocenters. The lowest BCUT2D eigenvalue weighted by atomic mass is 10.0. The molecule has 128 valence electrons. The summed E-state index contributed by atoms with van der Waals surface area (Å²) in [6, 6.07) is 11.4. The van der Waals surface area contributed by atoms with E-state index in [1.165, 1.54) is 0 Å². The molecule has 0 saturated carbocycles. The molecule has 1 heterocycles. The molecular weight excluding hydrogens is 326 g/mol. The maximum atomic E-state index is 10.4. The van der Waals surface area contributed by atoms with Crippen LogP contribution in [0, 0.1) is 0 Å². The van der Waals surface area contributed by atoms with Crippen LogP contribution < -0.4 is 4.74 Å². The minimum absolute atomic E-state index is 0.175. The Balaban J connectivity index is 1.88. The van der Waals surface area contributed by atoms with Crippen molar-refractivity contribution in [3.8, 4) is 22.6 Å².